The van der Waals surface area contributed by atoms with E-state index in [1.165, 1.54) is 12.1 Å². The van der Waals surface area contributed by atoms with Crippen molar-refractivity contribution >= 4 is 10.9 Å². The second-order valence-corrected chi connectivity index (χ2v) is 5.61. The maximum absolute atomic E-state index is 12.3. The third kappa shape index (κ3) is 2.44. The predicted molar refractivity (Wildman–Crippen MR) is 86.6 cm³/mol. The van der Waals surface area contributed by atoms with Gasteiger partial charge in [-0.15, -0.1) is 0 Å². The molecule has 0 saturated carbocycles. The van der Waals surface area contributed by atoms with Crippen LogP contribution in [0.3, 0.4) is 0 Å². The Morgan fingerprint density at radius 3 is 2.59 bits per heavy atom. The van der Waals surface area contributed by atoms with Crippen molar-refractivity contribution in [2.75, 3.05) is 0 Å². The van der Waals surface area contributed by atoms with Gasteiger partial charge in [0.25, 0.3) is 5.56 Å². The molecule has 3 aromatic rings. The van der Waals surface area contributed by atoms with Gasteiger partial charge in [0, 0.05) is 29.5 Å². The lowest BCUT2D eigenvalue weighted by Gasteiger charge is -2.11. The summed E-state index contributed by atoms with van der Waals surface area (Å²) in [6.45, 7) is 3.83. The summed E-state index contributed by atoms with van der Waals surface area (Å²) in [6.07, 6.45) is 0.499. The molecule has 0 atom stereocenters. The molecule has 0 fully saturated rings. The topological polar surface area (TPSA) is 73.3 Å². The van der Waals surface area contributed by atoms with Gasteiger partial charge in [0.1, 0.15) is 11.5 Å². The molecule has 0 aliphatic heterocycles. The van der Waals surface area contributed by atoms with E-state index in [9.17, 15) is 15.0 Å². The summed E-state index contributed by atoms with van der Waals surface area (Å²) in [4.78, 5) is 15.1. The van der Waals surface area contributed by atoms with E-state index in [0.717, 1.165) is 16.7 Å². The number of phenolic OH excluding ortho intramolecular Hbond substituents is 2. The molecule has 112 valence electrons. The first-order valence-corrected chi connectivity index (χ1v) is 7.08. The molecule has 1 heterocycles. The molecule has 0 unspecified atom stereocenters. The van der Waals surface area contributed by atoms with Crippen molar-refractivity contribution in [3.8, 4) is 11.5 Å². The van der Waals surface area contributed by atoms with E-state index in [1.54, 1.807) is 0 Å². The van der Waals surface area contributed by atoms with Crippen molar-refractivity contribution in [3.05, 3.63) is 69.0 Å². The monoisotopic (exact) mass is 295 g/mol. The van der Waals surface area contributed by atoms with E-state index in [-0.39, 0.29) is 17.1 Å². The molecule has 2 aromatic carbocycles. The van der Waals surface area contributed by atoms with Gasteiger partial charge in [-0.1, -0.05) is 29.8 Å². The van der Waals surface area contributed by atoms with Crippen molar-refractivity contribution in [2.45, 2.75) is 20.3 Å². The highest BCUT2D eigenvalue weighted by Crippen LogP contribution is 2.31. The zero-order chi connectivity index (χ0) is 15.9. The number of aromatic amines is 1. The first kappa shape index (κ1) is 14.2. The first-order valence-electron chi connectivity index (χ1n) is 7.08. The molecule has 1 aromatic heterocycles. The molecule has 0 amide bonds. The van der Waals surface area contributed by atoms with Crippen LogP contribution in [0.15, 0.2) is 41.2 Å². The van der Waals surface area contributed by atoms with Crippen molar-refractivity contribution in [2.24, 2.45) is 0 Å². The number of rotatable bonds is 2. The molecule has 0 spiro atoms. The van der Waals surface area contributed by atoms with Crippen molar-refractivity contribution in [3.63, 3.8) is 0 Å². The second-order valence-electron chi connectivity index (χ2n) is 5.61. The number of aryl methyl sites for hydroxylation is 2. The van der Waals surface area contributed by atoms with Crippen LogP contribution in [-0.2, 0) is 6.42 Å². The maximum atomic E-state index is 12.3. The number of fused-ring (bicyclic) bond motifs is 1. The third-order valence-electron chi connectivity index (χ3n) is 3.92. The molecule has 4 heteroatoms. The number of H-pyrrole nitrogens is 1. The lowest BCUT2D eigenvalue weighted by molar-refractivity contribution is 0.455. The molecular weight excluding hydrogens is 278 g/mol. The molecule has 0 aliphatic carbocycles. The molecule has 3 N–H and O–H groups in total. The van der Waals surface area contributed by atoms with E-state index >= 15 is 0 Å². The minimum Gasteiger partial charge on any atom is -0.508 e. The minimum atomic E-state index is -0.198. The summed E-state index contributed by atoms with van der Waals surface area (Å²) < 4.78 is 0. The highest BCUT2D eigenvalue weighted by atomic mass is 16.3. The summed E-state index contributed by atoms with van der Waals surface area (Å²) >= 11 is 0. The fourth-order valence-electron chi connectivity index (χ4n) is 2.86. The normalized spacial score (nSPS) is 11.0. The predicted octanol–water partition coefficient (Wildman–Crippen LogP) is 3.15. The Kier molecular flexibility index (Phi) is 3.37. The average Bonchev–Trinajstić information content (AvgIpc) is 2.42. The SMILES string of the molecule is Cc1cccc(Cc2c(C)c3c(O)cc(O)cc3[nH]c2=O)c1. The summed E-state index contributed by atoms with van der Waals surface area (Å²) in [5.41, 5.74) is 3.78. The Hall–Kier alpha value is -2.75. The summed E-state index contributed by atoms with van der Waals surface area (Å²) in [6, 6.07) is 10.7. The number of benzene rings is 2. The van der Waals surface area contributed by atoms with Crippen molar-refractivity contribution in [1.82, 2.24) is 4.98 Å². The lowest BCUT2D eigenvalue weighted by Crippen LogP contribution is -2.15. The van der Waals surface area contributed by atoms with Crippen LogP contribution >= 0.6 is 0 Å². The van der Waals surface area contributed by atoms with Crippen LogP contribution in [0.5, 0.6) is 11.5 Å². The number of aromatic hydroxyl groups is 2. The highest BCUT2D eigenvalue weighted by Gasteiger charge is 2.13. The molecule has 0 radical (unpaired) electrons. The fourth-order valence-corrected chi connectivity index (χ4v) is 2.86. The third-order valence-corrected chi connectivity index (χ3v) is 3.92. The van der Waals surface area contributed by atoms with Gasteiger partial charge in [0.2, 0.25) is 0 Å². The van der Waals surface area contributed by atoms with Crippen LogP contribution in [0.2, 0.25) is 0 Å². The Bertz CT molecular complexity index is 925. The van der Waals surface area contributed by atoms with Crippen LogP contribution in [0.25, 0.3) is 10.9 Å². The van der Waals surface area contributed by atoms with Crippen molar-refractivity contribution < 1.29 is 10.2 Å². The second kappa shape index (κ2) is 5.22. The Morgan fingerprint density at radius 1 is 1.09 bits per heavy atom. The highest BCUT2D eigenvalue weighted by molar-refractivity contribution is 5.90. The molecule has 0 bridgehead atoms. The van der Waals surface area contributed by atoms with Gasteiger partial charge in [-0.3, -0.25) is 4.79 Å². The van der Waals surface area contributed by atoms with Crippen LogP contribution in [0, 0.1) is 13.8 Å². The van der Waals surface area contributed by atoms with Gasteiger partial charge in [-0.25, -0.2) is 0 Å². The van der Waals surface area contributed by atoms with E-state index < -0.39 is 0 Å². The quantitative estimate of drug-likeness (QED) is 0.680. The summed E-state index contributed by atoms with van der Waals surface area (Å²) in [5.74, 6) is -0.110. The van der Waals surface area contributed by atoms with Gasteiger partial charge in [-0.05, 0) is 25.0 Å². The summed E-state index contributed by atoms with van der Waals surface area (Å²) in [7, 11) is 0. The van der Waals surface area contributed by atoms with Gasteiger partial charge in [-0.2, -0.15) is 0 Å². The smallest absolute Gasteiger partial charge is 0.252 e. The molecule has 0 saturated heterocycles. The van der Waals surface area contributed by atoms with Crippen LogP contribution in [0.4, 0.5) is 0 Å². The molecule has 3 rings (SSSR count). The fraction of sp³-hybridized carbons (Fsp3) is 0.167. The standard InChI is InChI=1S/C18H17NO3/c1-10-4-3-5-12(6-10)7-14-11(2)17-15(19-18(14)22)8-13(20)9-16(17)21/h3-6,8-9,20-21H,7H2,1-2H3,(H,19,22). The largest absolute Gasteiger partial charge is 0.508 e. The zero-order valence-electron chi connectivity index (χ0n) is 12.5. The number of phenols is 2. The lowest BCUT2D eigenvalue weighted by atomic mass is 9.97. The molecule has 0 aliphatic rings. The number of nitrogens with one attached hydrogen (secondary N) is 1. The van der Waals surface area contributed by atoms with Crippen molar-refractivity contribution in [1.29, 1.82) is 0 Å². The number of hydrogen-bond acceptors (Lipinski definition) is 3. The number of hydrogen-bond donors (Lipinski definition) is 3. The first-order chi connectivity index (χ1) is 10.5. The number of aromatic nitrogens is 1. The van der Waals surface area contributed by atoms with Gasteiger partial charge in [0.05, 0.1) is 5.52 Å². The Labute approximate surface area is 127 Å². The van der Waals surface area contributed by atoms with Crippen LogP contribution in [0.1, 0.15) is 22.3 Å². The molecule has 22 heavy (non-hydrogen) atoms. The molecular formula is C18H17NO3. The van der Waals surface area contributed by atoms with E-state index in [1.807, 2.05) is 38.1 Å². The summed E-state index contributed by atoms with van der Waals surface area (Å²) in [5, 5.41) is 20.2. The van der Waals surface area contributed by atoms with E-state index in [0.29, 0.717) is 22.9 Å². The zero-order valence-corrected chi connectivity index (χ0v) is 12.5. The average molecular weight is 295 g/mol. The number of pyridine rings is 1. The van der Waals surface area contributed by atoms with Crippen LogP contribution < -0.4 is 5.56 Å². The minimum absolute atomic E-state index is 0.0331. The Morgan fingerprint density at radius 2 is 1.86 bits per heavy atom. The Balaban J connectivity index is 2.20. The maximum Gasteiger partial charge on any atom is 0.252 e. The van der Waals surface area contributed by atoms with Gasteiger partial charge >= 0.3 is 0 Å². The van der Waals surface area contributed by atoms with E-state index in [4.69, 9.17) is 0 Å². The van der Waals surface area contributed by atoms with Gasteiger partial charge < -0.3 is 15.2 Å². The van der Waals surface area contributed by atoms with Gasteiger partial charge in [0.15, 0.2) is 0 Å². The molecule has 4 nitrogen and oxygen atoms in total. The van der Waals surface area contributed by atoms with E-state index in [2.05, 4.69) is 4.98 Å². The van der Waals surface area contributed by atoms with Crippen LogP contribution in [-0.4, -0.2) is 15.2 Å².